The number of amides is 2. The SMILES string of the molecule is COc1cccc(C(=O)NCCC(=O)NCCn2cnc(C)c2C)c1. The van der Waals surface area contributed by atoms with Gasteiger partial charge in [-0.3, -0.25) is 9.59 Å². The Morgan fingerprint density at radius 1 is 1.20 bits per heavy atom. The molecule has 2 amide bonds. The minimum atomic E-state index is -0.226. The van der Waals surface area contributed by atoms with Crippen molar-refractivity contribution in [1.29, 1.82) is 0 Å². The molecule has 0 aliphatic heterocycles. The van der Waals surface area contributed by atoms with Crippen molar-refractivity contribution in [2.45, 2.75) is 26.8 Å². The number of methoxy groups -OCH3 is 1. The van der Waals surface area contributed by atoms with E-state index in [1.807, 2.05) is 18.4 Å². The molecule has 0 atom stereocenters. The van der Waals surface area contributed by atoms with Crippen LogP contribution in [0.15, 0.2) is 30.6 Å². The second-order valence-electron chi connectivity index (χ2n) is 5.70. The van der Waals surface area contributed by atoms with Gasteiger partial charge in [-0.2, -0.15) is 0 Å². The minimum absolute atomic E-state index is 0.0968. The van der Waals surface area contributed by atoms with Crippen LogP contribution in [0, 0.1) is 13.8 Å². The quantitative estimate of drug-likeness (QED) is 0.759. The molecule has 0 unspecified atom stereocenters. The van der Waals surface area contributed by atoms with E-state index in [0.717, 1.165) is 11.4 Å². The molecule has 0 saturated heterocycles. The maximum Gasteiger partial charge on any atom is 0.251 e. The molecule has 0 aliphatic carbocycles. The van der Waals surface area contributed by atoms with Crippen molar-refractivity contribution in [3.63, 3.8) is 0 Å². The molecule has 1 aromatic heterocycles. The summed E-state index contributed by atoms with van der Waals surface area (Å²) in [6.45, 7) is 5.44. The van der Waals surface area contributed by atoms with Gasteiger partial charge in [0.25, 0.3) is 5.91 Å². The number of hydrogen-bond acceptors (Lipinski definition) is 4. The summed E-state index contributed by atoms with van der Waals surface area (Å²) in [4.78, 5) is 28.1. The smallest absolute Gasteiger partial charge is 0.251 e. The van der Waals surface area contributed by atoms with Gasteiger partial charge in [-0.15, -0.1) is 0 Å². The number of aromatic nitrogens is 2. The maximum atomic E-state index is 12.0. The summed E-state index contributed by atoms with van der Waals surface area (Å²) in [6.07, 6.45) is 2.00. The van der Waals surface area contributed by atoms with Crippen LogP contribution in [0.3, 0.4) is 0 Å². The summed E-state index contributed by atoms with van der Waals surface area (Å²) in [5.74, 6) is 0.298. The van der Waals surface area contributed by atoms with Crippen LogP contribution in [0.2, 0.25) is 0 Å². The second kappa shape index (κ2) is 8.86. The van der Waals surface area contributed by atoms with Gasteiger partial charge in [0, 0.05) is 37.3 Å². The lowest BCUT2D eigenvalue weighted by Gasteiger charge is -2.09. The van der Waals surface area contributed by atoms with Gasteiger partial charge in [0.1, 0.15) is 5.75 Å². The van der Waals surface area contributed by atoms with Crippen molar-refractivity contribution in [2.75, 3.05) is 20.2 Å². The van der Waals surface area contributed by atoms with Crippen LogP contribution in [-0.4, -0.2) is 41.6 Å². The number of imidazole rings is 1. The van der Waals surface area contributed by atoms with Gasteiger partial charge in [0.2, 0.25) is 5.91 Å². The third-order valence-electron chi connectivity index (χ3n) is 3.99. The van der Waals surface area contributed by atoms with Crippen LogP contribution >= 0.6 is 0 Å². The van der Waals surface area contributed by atoms with Gasteiger partial charge in [-0.25, -0.2) is 4.98 Å². The lowest BCUT2D eigenvalue weighted by molar-refractivity contribution is -0.120. The van der Waals surface area contributed by atoms with Gasteiger partial charge in [0.05, 0.1) is 19.1 Å². The fourth-order valence-electron chi connectivity index (χ4n) is 2.33. The molecule has 7 nitrogen and oxygen atoms in total. The molecular weight excluding hydrogens is 320 g/mol. The Morgan fingerprint density at radius 2 is 2.00 bits per heavy atom. The van der Waals surface area contributed by atoms with Crippen molar-refractivity contribution in [3.05, 3.63) is 47.5 Å². The normalized spacial score (nSPS) is 10.4. The Labute approximate surface area is 147 Å². The third-order valence-corrected chi connectivity index (χ3v) is 3.99. The van der Waals surface area contributed by atoms with E-state index >= 15 is 0 Å². The first kappa shape index (κ1) is 18.5. The number of rotatable bonds is 8. The number of benzene rings is 1. The van der Waals surface area contributed by atoms with Crippen molar-refractivity contribution in [3.8, 4) is 5.75 Å². The first-order valence-corrected chi connectivity index (χ1v) is 8.18. The second-order valence-corrected chi connectivity index (χ2v) is 5.70. The number of nitrogens with zero attached hydrogens (tertiary/aromatic N) is 2. The highest BCUT2D eigenvalue weighted by Crippen LogP contribution is 2.12. The molecule has 1 aromatic carbocycles. The Kier molecular flexibility index (Phi) is 6.56. The summed E-state index contributed by atoms with van der Waals surface area (Å²) in [5.41, 5.74) is 2.59. The average Bonchev–Trinajstić information content (AvgIpc) is 2.94. The topological polar surface area (TPSA) is 85.2 Å². The van der Waals surface area contributed by atoms with Gasteiger partial charge in [-0.05, 0) is 32.0 Å². The summed E-state index contributed by atoms with van der Waals surface area (Å²) < 4.78 is 7.09. The molecule has 0 aliphatic rings. The zero-order chi connectivity index (χ0) is 18.2. The van der Waals surface area contributed by atoms with Crippen molar-refractivity contribution < 1.29 is 14.3 Å². The van der Waals surface area contributed by atoms with E-state index in [0.29, 0.717) is 24.4 Å². The maximum absolute atomic E-state index is 12.0. The van der Waals surface area contributed by atoms with Crippen LogP contribution < -0.4 is 15.4 Å². The van der Waals surface area contributed by atoms with Gasteiger partial charge >= 0.3 is 0 Å². The van der Waals surface area contributed by atoms with Crippen molar-refractivity contribution >= 4 is 11.8 Å². The van der Waals surface area contributed by atoms with Crippen LogP contribution in [0.4, 0.5) is 0 Å². The summed E-state index contributed by atoms with van der Waals surface area (Å²) in [6, 6.07) is 6.88. The monoisotopic (exact) mass is 344 g/mol. The van der Waals surface area contributed by atoms with E-state index in [1.54, 1.807) is 37.7 Å². The van der Waals surface area contributed by atoms with Gasteiger partial charge < -0.3 is 19.9 Å². The molecule has 134 valence electrons. The molecular formula is C18H24N4O3. The van der Waals surface area contributed by atoms with Crippen molar-refractivity contribution in [2.24, 2.45) is 0 Å². The van der Waals surface area contributed by atoms with Crippen LogP contribution in [0.5, 0.6) is 5.75 Å². The van der Waals surface area contributed by atoms with Gasteiger partial charge in [-0.1, -0.05) is 6.07 Å². The predicted molar refractivity (Wildman–Crippen MR) is 94.7 cm³/mol. The van der Waals surface area contributed by atoms with Crippen LogP contribution in [0.25, 0.3) is 0 Å². The van der Waals surface area contributed by atoms with E-state index in [4.69, 9.17) is 4.74 Å². The minimum Gasteiger partial charge on any atom is -0.497 e. The summed E-state index contributed by atoms with van der Waals surface area (Å²) >= 11 is 0. The molecule has 0 saturated carbocycles. The molecule has 0 fully saturated rings. The lowest BCUT2D eigenvalue weighted by Crippen LogP contribution is -2.32. The fraction of sp³-hybridized carbons (Fsp3) is 0.389. The first-order chi connectivity index (χ1) is 12.0. The molecule has 2 aromatic rings. The lowest BCUT2D eigenvalue weighted by atomic mass is 10.2. The van der Waals surface area contributed by atoms with E-state index in [9.17, 15) is 9.59 Å². The molecule has 2 N–H and O–H groups in total. The summed E-state index contributed by atoms with van der Waals surface area (Å²) in [5, 5.41) is 5.57. The zero-order valence-corrected chi connectivity index (χ0v) is 14.8. The number of carbonyl (C=O) groups excluding carboxylic acids is 2. The van der Waals surface area contributed by atoms with Crippen LogP contribution in [0.1, 0.15) is 28.2 Å². The molecule has 0 bridgehead atoms. The third kappa shape index (κ3) is 5.34. The Morgan fingerprint density at radius 3 is 2.68 bits per heavy atom. The first-order valence-electron chi connectivity index (χ1n) is 8.18. The molecule has 1 heterocycles. The Bertz CT molecular complexity index is 740. The highest BCUT2D eigenvalue weighted by atomic mass is 16.5. The number of nitrogens with one attached hydrogen (secondary N) is 2. The van der Waals surface area contributed by atoms with E-state index in [-0.39, 0.29) is 24.8 Å². The van der Waals surface area contributed by atoms with Gasteiger partial charge in [0.15, 0.2) is 0 Å². The predicted octanol–water partition coefficient (Wildman–Crippen LogP) is 1.44. The number of aryl methyl sites for hydroxylation is 1. The largest absolute Gasteiger partial charge is 0.497 e. The molecule has 25 heavy (non-hydrogen) atoms. The van der Waals surface area contributed by atoms with Crippen molar-refractivity contribution in [1.82, 2.24) is 20.2 Å². The average molecular weight is 344 g/mol. The van der Waals surface area contributed by atoms with E-state index in [2.05, 4.69) is 15.6 Å². The highest BCUT2D eigenvalue weighted by molar-refractivity contribution is 5.94. The highest BCUT2D eigenvalue weighted by Gasteiger charge is 2.08. The van der Waals surface area contributed by atoms with Crippen LogP contribution in [-0.2, 0) is 11.3 Å². The molecule has 7 heteroatoms. The molecule has 2 rings (SSSR count). The zero-order valence-electron chi connectivity index (χ0n) is 14.8. The fourth-order valence-corrected chi connectivity index (χ4v) is 2.33. The standard InChI is InChI=1S/C18H24N4O3/c1-13-14(2)22(12-21-13)10-9-19-17(23)7-8-20-18(24)15-5-4-6-16(11-15)25-3/h4-6,11-12H,7-10H2,1-3H3,(H,19,23)(H,20,24). The Hall–Kier alpha value is -2.83. The Balaban J connectivity index is 1.67. The van der Waals surface area contributed by atoms with E-state index < -0.39 is 0 Å². The number of carbonyl (C=O) groups is 2. The number of hydrogen-bond donors (Lipinski definition) is 2. The number of ether oxygens (including phenoxy) is 1. The molecule has 0 spiro atoms. The molecule has 0 radical (unpaired) electrons. The summed E-state index contributed by atoms with van der Waals surface area (Å²) in [7, 11) is 1.55. The van der Waals surface area contributed by atoms with E-state index in [1.165, 1.54) is 0 Å².